The molecule has 1 amide bonds. The molecule has 0 heterocycles. The maximum absolute atomic E-state index is 11.3. The first-order valence-corrected chi connectivity index (χ1v) is 7.53. The van der Waals surface area contributed by atoms with Crippen molar-refractivity contribution in [1.82, 2.24) is 0 Å². The molecule has 23 heavy (non-hydrogen) atoms. The summed E-state index contributed by atoms with van der Waals surface area (Å²) in [7, 11) is 0. The van der Waals surface area contributed by atoms with Crippen molar-refractivity contribution in [1.29, 1.82) is 0 Å². The van der Waals surface area contributed by atoms with Gasteiger partial charge >= 0.3 is 0 Å². The first-order valence-electron chi connectivity index (χ1n) is 7.53. The van der Waals surface area contributed by atoms with E-state index in [9.17, 15) is 9.59 Å². The molecule has 2 N–H and O–H groups in total. The third kappa shape index (κ3) is 4.19. The molecule has 0 aliphatic heterocycles. The third-order valence-electron chi connectivity index (χ3n) is 3.92. The lowest BCUT2D eigenvalue weighted by atomic mass is 9.96. The zero-order valence-electron chi connectivity index (χ0n) is 13.4. The van der Waals surface area contributed by atoms with Crippen LogP contribution in [0.5, 0.6) is 5.75 Å². The fraction of sp³-hybridized carbons (Fsp3) is 0.263. The van der Waals surface area contributed by atoms with Crippen LogP contribution in [0.25, 0.3) is 0 Å². The van der Waals surface area contributed by atoms with Crippen LogP contribution in [-0.2, 0) is 16.2 Å². The number of carbonyl (C=O) groups is 2. The van der Waals surface area contributed by atoms with Crippen molar-refractivity contribution in [2.75, 3.05) is 0 Å². The molecule has 4 heteroatoms. The van der Waals surface area contributed by atoms with Crippen molar-refractivity contribution in [2.24, 2.45) is 5.73 Å². The first-order chi connectivity index (χ1) is 11.0. The molecule has 0 bridgehead atoms. The van der Waals surface area contributed by atoms with E-state index in [4.69, 9.17) is 10.5 Å². The van der Waals surface area contributed by atoms with E-state index in [-0.39, 0.29) is 6.42 Å². The summed E-state index contributed by atoms with van der Waals surface area (Å²) >= 11 is 0. The number of rotatable bonds is 7. The van der Waals surface area contributed by atoms with E-state index in [1.807, 2.05) is 44.2 Å². The van der Waals surface area contributed by atoms with Gasteiger partial charge in [0.2, 0.25) is 5.91 Å². The zero-order valence-corrected chi connectivity index (χ0v) is 13.4. The zero-order chi connectivity index (χ0) is 16.8. The van der Waals surface area contributed by atoms with Gasteiger partial charge in [0.25, 0.3) is 0 Å². The molecule has 120 valence electrons. The average Bonchev–Trinajstić information content (AvgIpc) is 2.52. The molecule has 1 atom stereocenters. The fourth-order valence-corrected chi connectivity index (χ4v) is 2.59. The van der Waals surface area contributed by atoms with Gasteiger partial charge in [0.1, 0.15) is 18.6 Å². The van der Waals surface area contributed by atoms with Crippen LogP contribution in [0.15, 0.2) is 42.5 Å². The Morgan fingerprint density at radius 3 is 2.39 bits per heavy atom. The molecule has 0 aliphatic carbocycles. The molecule has 0 spiro atoms. The van der Waals surface area contributed by atoms with Gasteiger partial charge in [0.15, 0.2) is 0 Å². The smallest absolute Gasteiger partial charge is 0.218 e. The number of carbonyl (C=O) groups excluding carboxylic acids is 2. The van der Waals surface area contributed by atoms with Crippen molar-refractivity contribution in [3.05, 3.63) is 64.7 Å². The van der Waals surface area contributed by atoms with Gasteiger partial charge in [-0.15, -0.1) is 0 Å². The second-order valence-corrected chi connectivity index (χ2v) is 5.61. The average molecular weight is 311 g/mol. The van der Waals surface area contributed by atoms with Crippen LogP contribution in [0.4, 0.5) is 0 Å². The van der Waals surface area contributed by atoms with Gasteiger partial charge in [0.05, 0.1) is 5.92 Å². The predicted octanol–water partition coefficient (Wildman–Crippen LogP) is 3.04. The summed E-state index contributed by atoms with van der Waals surface area (Å²) in [5.74, 6) is -0.484. The Labute approximate surface area is 136 Å². The minimum atomic E-state index is -0.582. The Morgan fingerprint density at radius 2 is 1.78 bits per heavy atom. The highest BCUT2D eigenvalue weighted by Gasteiger charge is 2.18. The van der Waals surface area contributed by atoms with E-state index >= 15 is 0 Å². The lowest BCUT2D eigenvalue weighted by molar-refractivity contribution is -0.120. The number of aryl methyl sites for hydroxylation is 2. The number of hydrogen-bond acceptors (Lipinski definition) is 3. The number of amides is 1. The van der Waals surface area contributed by atoms with Crippen molar-refractivity contribution in [3.63, 3.8) is 0 Å². The maximum Gasteiger partial charge on any atom is 0.218 e. The van der Waals surface area contributed by atoms with Crippen molar-refractivity contribution >= 4 is 12.2 Å². The molecule has 2 aromatic carbocycles. The largest absolute Gasteiger partial charge is 0.489 e. The number of nitrogens with two attached hydrogens (primary N) is 1. The maximum atomic E-state index is 11.3. The number of hydrogen-bond donors (Lipinski definition) is 1. The van der Waals surface area contributed by atoms with Gasteiger partial charge in [-0.25, -0.2) is 0 Å². The van der Waals surface area contributed by atoms with Crippen LogP contribution in [0.3, 0.4) is 0 Å². The Hall–Kier alpha value is -2.62. The Bertz CT molecular complexity index is 689. The monoisotopic (exact) mass is 311 g/mol. The number of aldehydes is 1. The van der Waals surface area contributed by atoms with Crippen LogP contribution in [-0.4, -0.2) is 12.2 Å². The molecule has 0 aromatic heterocycles. The molecule has 0 saturated heterocycles. The van der Waals surface area contributed by atoms with E-state index in [1.165, 1.54) is 0 Å². The van der Waals surface area contributed by atoms with Crippen molar-refractivity contribution in [2.45, 2.75) is 32.8 Å². The molecule has 4 nitrogen and oxygen atoms in total. The number of ether oxygens (including phenoxy) is 1. The summed E-state index contributed by atoms with van der Waals surface area (Å²) in [5, 5.41) is 0. The summed E-state index contributed by atoms with van der Waals surface area (Å²) in [6.45, 7) is 4.50. The molecule has 0 fully saturated rings. The van der Waals surface area contributed by atoms with Gasteiger partial charge in [0, 0.05) is 12.0 Å². The summed E-state index contributed by atoms with van der Waals surface area (Å²) in [6, 6.07) is 13.4. The van der Waals surface area contributed by atoms with E-state index in [1.54, 1.807) is 12.1 Å². The predicted molar refractivity (Wildman–Crippen MR) is 89.3 cm³/mol. The molecular weight excluding hydrogens is 290 g/mol. The van der Waals surface area contributed by atoms with Gasteiger partial charge in [-0.1, -0.05) is 36.4 Å². The normalized spacial score (nSPS) is 11.7. The van der Waals surface area contributed by atoms with Crippen LogP contribution >= 0.6 is 0 Å². The van der Waals surface area contributed by atoms with Gasteiger partial charge < -0.3 is 15.3 Å². The van der Waals surface area contributed by atoms with Crippen LogP contribution in [0, 0.1) is 13.8 Å². The minimum Gasteiger partial charge on any atom is -0.489 e. The molecule has 0 saturated carbocycles. The molecule has 2 aromatic rings. The van der Waals surface area contributed by atoms with Gasteiger partial charge in [-0.2, -0.15) is 0 Å². The minimum absolute atomic E-state index is 0.0206. The standard InChI is InChI=1S/C19H21NO3/c1-13-6-5-7-14(2)17(13)12-23-18-9-4-3-8-16(18)15(11-21)10-19(20)22/h3-9,11,15H,10,12H2,1-2H3,(H2,20,22). The van der Waals surface area contributed by atoms with E-state index in [2.05, 4.69) is 0 Å². The highest BCUT2D eigenvalue weighted by molar-refractivity contribution is 5.80. The lowest BCUT2D eigenvalue weighted by Crippen LogP contribution is -2.16. The SMILES string of the molecule is Cc1cccc(C)c1COc1ccccc1C(C=O)CC(N)=O. The quantitative estimate of drug-likeness (QED) is 0.799. The molecule has 0 aliphatic rings. The summed E-state index contributed by atoms with van der Waals surface area (Å²) in [5.41, 5.74) is 9.35. The third-order valence-corrected chi connectivity index (χ3v) is 3.92. The molecular formula is C19H21NO3. The first kappa shape index (κ1) is 16.7. The summed E-state index contributed by atoms with van der Waals surface area (Å²) in [6.07, 6.45) is 0.721. The van der Waals surface area contributed by atoms with Crippen molar-refractivity contribution < 1.29 is 14.3 Å². The fourth-order valence-electron chi connectivity index (χ4n) is 2.59. The molecule has 2 rings (SSSR count). The van der Waals surface area contributed by atoms with E-state index in [0.29, 0.717) is 17.9 Å². The molecule has 0 radical (unpaired) electrons. The van der Waals surface area contributed by atoms with Crippen LogP contribution < -0.4 is 10.5 Å². The van der Waals surface area contributed by atoms with E-state index in [0.717, 1.165) is 23.0 Å². The number of benzene rings is 2. The van der Waals surface area contributed by atoms with Gasteiger partial charge in [-0.05, 0) is 36.6 Å². The van der Waals surface area contributed by atoms with Crippen LogP contribution in [0.2, 0.25) is 0 Å². The highest BCUT2D eigenvalue weighted by atomic mass is 16.5. The van der Waals surface area contributed by atoms with Gasteiger partial charge in [-0.3, -0.25) is 4.79 Å². The van der Waals surface area contributed by atoms with Crippen LogP contribution in [0.1, 0.15) is 34.6 Å². The van der Waals surface area contributed by atoms with Crippen molar-refractivity contribution in [3.8, 4) is 5.75 Å². The second kappa shape index (κ2) is 7.58. The topological polar surface area (TPSA) is 69.4 Å². The van der Waals surface area contributed by atoms with E-state index < -0.39 is 11.8 Å². The number of para-hydroxylation sites is 1. The Morgan fingerprint density at radius 1 is 1.13 bits per heavy atom. The lowest BCUT2D eigenvalue weighted by Gasteiger charge is -2.17. The second-order valence-electron chi connectivity index (χ2n) is 5.61. The summed E-state index contributed by atoms with van der Waals surface area (Å²) in [4.78, 5) is 22.5. The Kier molecular flexibility index (Phi) is 5.52. The number of primary amides is 1. The summed E-state index contributed by atoms with van der Waals surface area (Å²) < 4.78 is 5.94. The molecule has 1 unspecified atom stereocenters. The Balaban J connectivity index is 2.24. The highest BCUT2D eigenvalue weighted by Crippen LogP contribution is 2.29.